The molecular weight excluding hydrogens is 664 g/mol. The van der Waals surface area contributed by atoms with Crippen molar-refractivity contribution in [2.24, 2.45) is 5.92 Å². The largest absolute Gasteiger partial charge is 0.487 e. The van der Waals surface area contributed by atoms with Gasteiger partial charge >= 0.3 is 5.97 Å². The summed E-state index contributed by atoms with van der Waals surface area (Å²) >= 11 is 5.98. The molecule has 264 valence electrons. The number of hydrogen-bond acceptors (Lipinski definition) is 5. The average Bonchev–Trinajstić information content (AvgIpc) is 3.11. The molecule has 0 saturated carbocycles. The Kier molecular flexibility index (Phi) is 9.90. The lowest BCUT2D eigenvalue weighted by Gasteiger charge is -2.52. The van der Waals surface area contributed by atoms with Gasteiger partial charge < -0.3 is 24.8 Å². The fourth-order valence-electron chi connectivity index (χ4n) is 8.02. The first kappa shape index (κ1) is 34.8. The van der Waals surface area contributed by atoms with E-state index in [0.29, 0.717) is 22.1 Å². The van der Waals surface area contributed by atoms with Gasteiger partial charge in [-0.25, -0.2) is 0 Å². The van der Waals surface area contributed by atoms with Crippen molar-refractivity contribution in [2.45, 2.75) is 82.8 Å². The van der Waals surface area contributed by atoms with Crippen LogP contribution in [0.5, 0.6) is 5.75 Å². The maximum absolute atomic E-state index is 13.5. The zero-order valence-electron chi connectivity index (χ0n) is 28.9. The molecule has 0 unspecified atom stereocenters. The first-order valence-corrected chi connectivity index (χ1v) is 18.1. The van der Waals surface area contributed by atoms with Gasteiger partial charge in [-0.15, -0.1) is 0 Å². The SMILES string of the molecule is CC1(C)Oc2ccc(C(=O)NCc3ccc(C(=O)N(CC(=O)O)Cc4ccc(Cl)cc4)cc3)cc2[C@@H]2O[C@@H]3CCCCc4ccccc4[C@H]3C[C@H]21. The van der Waals surface area contributed by atoms with E-state index in [4.69, 9.17) is 21.1 Å². The number of benzene rings is 4. The summed E-state index contributed by atoms with van der Waals surface area (Å²) in [5, 5.41) is 13.0. The molecule has 3 aliphatic rings. The van der Waals surface area contributed by atoms with E-state index in [1.165, 1.54) is 16.0 Å². The number of halogens is 1. The minimum absolute atomic E-state index is 0.107. The topological polar surface area (TPSA) is 105 Å². The lowest BCUT2D eigenvalue weighted by atomic mass is 9.68. The Morgan fingerprint density at radius 3 is 2.39 bits per heavy atom. The van der Waals surface area contributed by atoms with Crippen LogP contribution in [0.1, 0.15) is 100 Å². The predicted octanol–water partition coefficient (Wildman–Crippen LogP) is 8.12. The van der Waals surface area contributed by atoms with Gasteiger partial charge in [-0.1, -0.05) is 66.6 Å². The first-order valence-electron chi connectivity index (χ1n) is 17.7. The summed E-state index contributed by atoms with van der Waals surface area (Å²) in [6.07, 6.45) is 5.30. The van der Waals surface area contributed by atoms with Crippen molar-refractivity contribution in [3.05, 3.63) is 135 Å². The number of amides is 2. The van der Waals surface area contributed by atoms with Crippen LogP contribution < -0.4 is 10.1 Å². The van der Waals surface area contributed by atoms with Gasteiger partial charge in [-0.2, -0.15) is 0 Å². The Labute approximate surface area is 303 Å². The molecule has 9 heteroatoms. The molecule has 0 aromatic heterocycles. The van der Waals surface area contributed by atoms with Crippen molar-refractivity contribution in [3.8, 4) is 5.75 Å². The highest BCUT2D eigenvalue weighted by atomic mass is 35.5. The summed E-state index contributed by atoms with van der Waals surface area (Å²) in [6.45, 7) is 4.24. The van der Waals surface area contributed by atoms with Gasteiger partial charge in [0.2, 0.25) is 0 Å². The number of carboxylic acids is 1. The summed E-state index contributed by atoms with van der Waals surface area (Å²) in [5.74, 6) is -0.533. The number of ether oxygens (including phenoxy) is 2. The Morgan fingerprint density at radius 2 is 1.63 bits per heavy atom. The van der Waals surface area contributed by atoms with Gasteiger partial charge in [0.25, 0.3) is 11.8 Å². The molecule has 0 bridgehead atoms. The number of hydrogen-bond donors (Lipinski definition) is 2. The summed E-state index contributed by atoms with van der Waals surface area (Å²) in [7, 11) is 0. The highest BCUT2D eigenvalue weighted by Crippen LogP contribution is 2.55. The summed E-state index contributed by atoms with van der Waals surface area (Å²) in [6, 6.07) is 28.2. The zero-order valence-corrected chi connectivity index (χ0v) is 29.7. The maximum Gasteiger partial charge on any atom is 0.323 e. The molecule has 8 nitrogen and oxygen atoms in total. The van der Waals surface area contributed by atoms with E-state index in [1.54, 1.807) is 54.6 Å². The molecule has 2 N–H and O–H groups in total. The van der Waals surface area contributed by atoms with Crippen molar-refractivity contribution >= 4 is 29.4 Å². The molecule has 2 heterocycles. The lowest BCUT2D eigenvalue weighted by molar-refractivity contribution is -0.161. The minimum Gasteiger partial charge on any atom is -0.487 e. The van der Waals surface area contributed by atoms with E-state index < -0.39 is 24.0 Å². The predicted molar refractivity (Wildman–Crippen MR) is 195 cm³/mol. The normalized spacial score (nSPS) is 21.6. The lowest BCUT2D eigenvalue weighted by Crippen LogP contribution is -2.50. The Hall–Kier alpha value is -4.66. The summed E-state index contributed by atoms with van der Waals surface area (Å²) in [4.78, 5) is 39.6. The number of rotatable bonds is 8. The third-order valence-corrected chi connectivity index (χ3v) is 10.9. The van der Waals surface area contributed by atoms with E-state index in [-0.39, 0.29) is 37.1 Å². The number of aryl methyl sites for hydroxylation is 1. The fourth-order valence-corrected chi connectivity index (χ4v) is 8.14. The third kappa shape index (κ3) is 7.53. The van der Waals surface area contributed by atoms with Crippen LogP contribution in [0.4, 0.5) is 0 Å². The number of carbonyl (C=O) groups excluding carboxylic acids is 2. The van der Waals surface area contributed by atoms with E-state index in [9.17, 15) is 19.5 Å². The van der Waals surface area contributed by atoms with E-state index in [2.05, 4.69) is 43.4 Å². The molecule has 4 atom stereocenters. The average molecular weight is 707 g/mol. The second kappa shape index (κ2) is 14.5. The van der Waals surface area contributed by atoms with Crippen LogP contribution in [-0.4, -0.2) is 46.0 Å². The summed E-state index contributed by atoms with van der Waals surface area (Å²) < 4.78 is 13.6. The third-order valence-electron chi connectivity index (χ3n) is 10.7. The van der Waals surface area contributed by atoms with Gasteiger partial charge in [0.05, 0.1) is 12.2 Å². The van der Waals surface area contributed by atoms with E-state index in [0.717, 1.165) is 54.5 Å². The number of fused-ring (bicyclic) bond motifs is 6. The minimum atomic E-state index is -1.10. The van der Waals surface area contributed by atoms with Crippen LogP contribution in [0.3, 0.4) is 0 Å². The molecule has 51 heavy (non-hydrogen) atoms. The van der Waals surface area contributed by atoms with Gasteiger partial charge in [0.1, 0.15) is 17.9 Å². The molecule has 7 rings (SSSR count). The van der Waals surface area contributed by atoms with Crippen molar-refractivity contribution < 1.29 is 29.0 Å². The highest BCUT2D eigenvalue weighted by Gasteiger charge is 2.51. The maximum atomic E-state index is 13.5. The number of aliphatic carboxylic acids is 1. The van der Waals surface area contributed by atoms with E-state index >= 15 is 0 Å². The smallest absolute Gasteiger partial charge is 0.323 e. The van der Waals surface area contributed by atoms with E-state index in [1.807, 2.05) is 12.1 Å². The van der Waals surface area contributed by atoms with Crippen molar-refractivity contribution in [3.63, 3.8) is 0 Å². The fraction of sp³-hybridized carbons (Fsp3) is 0.357. The highest BCUT2D eigenvalue weighted by molar-refractivity contribution is 6.30. The Bertz CT molecular complexity index is 1920. The molecular formula is C42H43ClN2O6. The van der Waals surface area contributed by atoms with Crippen molar-refractivity contribution in [2.75, 3.05) is 6.54 Å². The van der Waals surface area contributed by atoms with Gasteiger partial charge in [0.15, 0.2) is 0 Å². The van der Waals surface area contributed by atoms with Crippen LogP contribution >= 0.6 is 11.6 Å². The number of carboxylic acid groups (broad SMARTS) is 1. The summed E-state index contributed by atoms with van der Waals surface area (Å²) in [5.41, 5.74) is 5.79. The molecule has 4 aromatic rings. The standard InChI is InChI=1S/C42H43ClN2O6/c1-42(2)35-22-33-32-9-5-3-7-28(32)8-4-6-10-36(33)50-39(35)34-21-30(17-20-37(34)51-42)40(48)44-23-26-11-15-29(16-12-26)41(49)45(25-38(46)47)24-27-13-18-31(43)19-14-27/h3,5,7,9,11-21,33,35-36,39H,4,6,8,10,22-25H2,1-2H3,(H,44,48)(H,46,47)/t33-,35-,36-,39+/m1/s1. The van der Waals surface area contributed by atoms with Crippen LogP contribution in [0.15, 0.2) is 91.0 Å². The van der Waals surface area contributed by atoms with Crippen molar-refractivity contribution in [1.29, 1.82) is 0 Å². The van der Waals surface area contributed by atoms with Gasteiger partial charge in [-0.05, 0) is 104 Å². The number of nitrogens with zero attached hydrogens (tertiary/aromatic N) is 1. The molecule has 4 aromatic carbocycles. The van der Waals surface area contributed by atoms with Crippen molar-refractivity contribution in [1.82, 2.24) is 10.2 Å². The van der Waals surface area contributed by atoms with Gasteiger partial charge in [-0.3, -0.25) is 14.4 Å². The Balaban J connectivity index is 1.04. The Morgan fingerprint density at radius 1 is 0.902 bits per heavy atom. The molecule has 0 spiro atoms. The molecule has 2 aliphatic heterocycles. The molecule has 1 saturated heterocycles. The molecule has 0 radical (unpaired) electrons. The van der Waals surface area contributed by atoms with Crippen LogP contribution in [0, 0.1) is 5.92 Å². The molecule has 2 amide bonds. The number of carbonyl (C=O) groups is 3. The van der Waals surface area contributed by atoms with Crippen LogP contribution in [0.25, 0.3) is 0 Å². The quantitative estimate of drug-likeness (QED) is 0.192. The monoisotopic (exact) mass is 706 g/mol. The number of nitrogens with one attached hydrogen (secondary N) is 1. The molecule has 1 aliphatic carbocycles. The van der Waals surface area contributed by atoms with Gasteiger partial charge in [0, 0.05) is 46.6 Å². The molecule has 1 fully saturated rings. The first-order chi connectivity index (χ1) is 24.6. The van der Waals surface area contributed by atoms with Crippen LogP contribution in [0.2, 0.25) is 5.02 Å². The zero-order chi connectivity index (χ0) is 35.7. The van der Waals surface area contributed by atoms with Crippen LogP contribution in [-0.2, 0) is 29.0 Å². The second-order valence-electron chi connectivity index (χ2n) is 14.5. The second-order valence-corrected chi connectivity index (χ2v) is 14.9.